The van der Waals surface area contributed by atoms with Crippen molar-refractivity contribution in [3.63, 3.8) is 0 Å². The second kappa shape index (κ2) is 4.81. The molecule has 92 valence electrons. The maximum Gasteiger partial charge on any atom is 0.123 e. The number of aryl methyl sites for hydroxylation is 2. The molecular weight excluding hydrogens is 227 g/mol. The fourth-order valence-corrected chi connectivity index (χ4v) is 2.43. The lowest BCUT2D eigenvalue weighted by Gasteiger charge is -2.08. The summed E-state index contributed by atoms with van der Waals surface area (Å²) in [6, 6.07) is 12.8. The number of fused-ring (bicyclic) bond motifs is 1. The van der Waals surface area contributed by atoms with E-state index >= 15 is 0 Å². The molecule has 0 aromatic heterocycles. The molecule has 1 aliphatic carbocycles. The zero-order valence-corrected chi connectivity index (χ0v) is 10.2. The SMILES string of the molecule is Fc1cccc(COc2ccc3c(c2)CCC3)c1. The summed E-state index contributed by atoms with van der Waals surface area (Å²) in [6.45, 7) is 0.413. The molecule has 18 heavy (non-hydrogen) atoms. The van der Waals surface area contributed by atoms with Gasteiger partial charge in [-0.25, -0.2) is 4.39 Å². The largest absolute Gasteiger partial charge is 0.489 e. The fraction of sp³-hybridized carbons (Fsp3) is 0.250. The van der Waals surface area contributed by atoms with Crippen molar-refractivity contribution in [2.75, 3.05) is 0 Å². The Morgan fingerprint density at radius 2 is 1.89 bits per heavy atom. The lowest BCUT2D eigenvalue weighted by atomic mass is 10.1. The summed E-state index contributed by atoms with van der Waals surface area (Å²) < 4.78 is 18.7. The number of hydrogen-bond donors (Lipinski definition) is 0. The summed E-state index contributed by atoms with van der Waals surface area (Å²) in [5.74, 6) is 0.657. The molecular formula is C16H15FO. The van der Waals surface area contributed by atoms with Gasteiger partial charge >= 0.3 is 0 Å². The predicted molar refractivity (Wildman–Crippen MR) is 69.2 cm³/mol. The second-order valence-electron chi connectivity index (χ2n) is 4.70. The van der Waals surface area contributed by atoms with Crippen molar-refractivity contribution in [1.82, 2.24) is 0 Å². The third-order valence-electron chi connectivity index (χ3n) is 3.36. The summed E-state index contributed by atoms with van der Waals surface area (Å²) in [5.41, 5.74) is 3.69. The van der Waals surface area contributed by atoms with Gasteiger partial charge in [-0.05, 0) is 60.2 Å². The van der Waals surface area contributed by atoms with E-state index in [4.69, 9.17) is 4.74 Å². The first-order valence-corrected chi connectivity index (χ1v) is 6.30. The van der Waals surface area contributed by atoms with Crippen molar-refractivity contribution < 1.29 is 9.13 Å². The molecule has 2 aromatic carbocycles. The molecule has 0 radical (unpaired) electrons. The van der Waals surface area contributed by atoms with Crippen molar-refractivity contribution in [3.05, 3.63) is 65.0 Å². The van der Waals surface area contributed by atoms with Crippen LogP contribution in [0.2, 0.25) is 0 Å². The molecule has 0 saturated carbocycles. The molecule has 0 aliphatic heterocycles. The molecule has 1 aliphatic rings. The van der Waals surface area contributed by atoms with Crippen LogP contribution in [-0.4, -0.2) is 0 Å². The van der Waals surface area contributed by atoms with Crippen molar-refractivity contribution in [1.29, 1.82) is 0 Å². The number of ether oxygens (including phenoxy) is 1. The highest BCUT2D eigenvalue weighted by Crippen LogP contribution is 2.26. The van der Waals surface area contributed by atoms with Gasteiger partial charge in [0.2, 0.25) is 0 Å². The minimum atomic E-state index is -0.218. The lowest BCUT2D eigenvalue weighted by Crippen LogP contribution is -1.96. The lowest BCUT2D eigenvalue weighted by molar-refractivity contribution is 0.305. The average molecular weight is 242 g/mol. The van der Waals surface area contributed by atoms with E-state index in [9.17, 15) is 4.39 Å². The Labute approximate surface area is 106 Å². The monoisotopic (exact) mass is 242 g/mol. The first-order chi connectivity index (χ1) is 8.81. The summed E-state index contributed by atoms with van der Waals surface area (Å²) >= 11 is 0. The van der Waals surface area contributed by atoms with Crippen LogP contribution in [0.25, 0.3) is 0 Å². The summed E-state index contributed by atoms with van der Waals surface area (Å²) in [6.07, 6.45) is 3.56. The predicted octanol–water partition coefficient (Wildman–Crippen LogP) is 3.89. The van der Waals surface area contributed by atoms with Crippen LogP contribution in [0.3, 0.4) is 0 Å². The molecule has 0 saturated heterocycles. The molecule has 3 rings (SSSR count). The van der Waals surface area contributed by atoms with E-state index in [0.717, 1.165) is 17.7 Å². The van der Waals surface area contributed by atoms with E-state index in [-0.39, 0.29) is 5.82 Å². The van der Waals surface area contributed by atoms with Crippen LogP contribution in [-0.2, 0) is 19.4 Å². The van der Waals surface area contributed by atoms with Crippen molar-refractivity contribution in [3.8, 4) is 5.75 Å². The summed E-state index contributed by atoms with van der Waals surface area (Å²) in [5, 5.41) is 0. The minimum absolute atomic E-state index is 0.218. The standard InChI is InChI=1S/C16H15FO/c17-15-6-1-3-12(9-15)11-18-16-8-7-13-4-2-5-14(13)10-16/h1,3,6-10H,2,4-5,11H2. The molecule has 0 unspecified atom stereocenters. The normalized spacial score (nSPS) is 13.4. The molecule has 2 heteroatoms. The quantitative estimate of drug-likeness (QED) is 0.793. The molecule has 0 bridgehead atoms. The zero-order chi connectivity index (χ0) is 12.4. The third-order valence-corrected chi connectivity index (χ3v) is 3.36. The Balaban J connectivity index is 1.70. The van der Waals surface area contributed by atoms with Crippen LogP contribution in [0.15, 0.2) is 42.5 Å². The molecule has 0 amide bonds. The topological polar surface area (TPSA) is 9.23 Å². The highest BCUT2D eigenvalue weighted by molar-refractivity contribution is 5.38. The first-order valence-electron chi connectivity index (χ1n) is 6.30. The van der Waals surface area contributed by atoms with Crippen LogP contribution in [0.1, 0.15) is 23.1 Å². The molecule has 0 atom stereocenters. The van der Waals surface area contributed by atoms with E-state index in [2.05, 4.69) is 12.1 Å². The second-order valence-corrected chi connectivity index (χ2v) is 4.70. The van der Waals surface area contributed by atoms with Crippen LogP contribution in [0, 0.1) is 5.82 Å². The van der Waals surface area contributed by atoms with E-state index in [1.165, 1.54) is 36.1 Å². The highest BCUT2D eigenvalue weighted by atomic mass is 19.1. The van der Waals surface area contributed by atoms with Gasteiger partial charge < -0.3 is 4.74 Å². The maximum absolute atomic E-state index is 13.0. The van der Waals surface area contributed by atoms with Crippen LogP contribution in [0.4, 0.5) is 4.39 Å². The van der Waals surface area contributed by atoms with Gasteiger partial charge in [0.05, 0.1) is 0 Å². The Kier molecular flexibility index (Phi) is 3.01. The van der Waals surface area contributed by atoms with Gasteiger partial charge in [0, 0.05) is 0 Å². The number of benzene rings is 2. The van der Waals surface area contributed by atoms with Gasteiger partial charge in [0.15, 0.2) is 0 Å². The highest BCUT2D eigenvalue weighted by Gasteiger charge is 2.11. The molecule has 2 aromatic rings. The van der Waals surface area contributed by atoms with Gasteiger partial charge in [-0.3, -0.25) is 0 Å². The molecule has 0 N–H and O–H groups in total. The summed E-state index contributed by atoms with van der Waals surface area (Å²) in [4.78, 5) is 0. The van der Waals surface area contributed by atoms with Gasteiger partial charge in [0.25, 0.3) is 0 Å². The summed E-state index contributed by atoms with van der Waals surface area (Å²) in [7, 11) is 0. The Morgan fingerprint density at radius 3 is 2.78 bits per heavy atom. The zero-order valence-electron chi connectivity index (χ0n) is 10.2. The van der Waals surface area contributed by atoms with Gasteiger partial charge in [0.1, 0.15) is 18.2 Å². The van der Waals surface area contributed by atoms with Crippen molar-refractivity contribution >= 4 is 0 Å². The smallest absolute Gasteiger partial charge is 0.123 e. The Bertz CT molecular complexity index is 563. The van der Waals surface area contributed by atoms with E-state index in [1.54, 1.807) is 6.07 Å². The average Bonchev–Trinajstić information content (AvgIpc) is 2.84. The van der Waals surface area contributed by atoms with Crippen LogP contribution >= 0.6 is 0 Å². The third kappa shape index (κ3) is 2.37. The maximum atomic E-state index is 13.0. The Hall–Kier alpha value is -1.83. The molecule has 0 heterocycles. The minimum Gasteiger partial charge on any atom is -0.489 e. The number of halogens is 1. The van der Waals surface area contributed by atoms with Gasteiger partial charge in [-0.1, -0.05) is 18.2 Å². The van der Waals surface area contributed by atoms with Crippen molar-refractivity contribution in [2.24, 2.45) is 0 Å². The number of hydrogen-bond acceptors (Lipinski definition) is 1. The van der Waals surface area contributed by atoms with Crippen molar-refractivity contribution in [2.45, 2.75) is 25.9 Å². The van der Waals surface area contributed by atoms with Gasteiger partial charge in [-0.2, -0.15) is 0 Å². The fourth-order valence-electron chi connectivity index (χ4n) is 2.43. The van der Waals surface area contributed by atoms with Gasteiger partial charge in [-0.15, -0.1) is 0 Å². The number of rotatable bonds is 3. The van der Waals surface area contributed by atoms with Crippen LogP contribution in [0.5, 0.6) is 5.75 Å². The molecule has 1 nitrogen and oxygen atoms in total. The Morgan fingerprint density at radius 1 is 1.00 bits per heavy atom. The van der Waals surface area contributed by atoms with E-state index in [0.29, 0.717) is 6.61 Å². The first kappa shape index (κ1) is 11.3. The van der Waals surface area contributed by atoms with Crippen LogP contribution < -0.4 is 4.74 Å². The van der Waals surface area contributed by atoms with E-state index < -0.39 is 0 Å². The van der Waals surface area contributed by atoms with E-state index in [1.807, 2.05) is 12.1 Å². The molecule has 0 fully saturated rings. The molecule has 0 spiro atoms.